The number of hydrogen-bond acceptors (Lipinski definition) is 4. The standard InChI is InChI=1S/C14H16N2OS2/c1-2-3-8-18-14-15-12(17)11-9-6-4-5-7-10(9)19-13(11)16-14/h2-3H,4-8H2,1H3,(H,15,16,17)/b3-2-. The van der Waals surface area contributed by atoms with E-state index in [2.05, 4.69) is 16.0 Å². The molecule has 0 aromatic carbocycles. The molecule has 100 valence electrons. The molecule has 2 aromatic rings. The molecule has 0 fully saturated rings. The van der Waals surface area contributed by atoms with E-state index in [1.807, 2.05) is 13.0 Å². The van der Waals surface area contributed by atoms with Gasteiger partial charge in [-0.3, -0.25) is 4.79 Å². The van der Waals surface area contributed by atoms with Crippen LogP contribution < -0.4 is 5.56 Å². The molecule has 0 saturated heterocycles. The van der Waals surface area contributed by atoms with Crippen molar-refractivity contribution in [1.82, 2.24) is 9.97 Å². The van der Waals surface area contributed by atoms with E-state index in [9.17, 15) is 4.79 Å². The SMILES string of the molecule is C/C=C\CSc1nc2sc3c(c2c(=O)[nH]1)CCCC3. The number of thiophene rings is 1. The number of H-pyrrole nitrogens is 1. The third-order valence-corrected chi connectivity index (χ3v) is 5.37. The van der Waals surface area contributed by atoms with Gasteiger partial charge in [0.2, 0.25) is 0 Å². The molecule has 0 amide bonds. The van der Waals surface area contributed by atoms with Gasteiger partial charge in [-0.05, 0) is 38.2 Å². The second kappa shape index (κ2) is 5.51. The molecule has 5 heteroatoms. The Morgan fingerprint density at radius 1 is 1.42 bits per heavy atom. The number of thioether (sulfide) groups is 1. The molecule has 0 atom stereocenters. The molecule has 1 aliphatic carbocycles. The van der Waals surface area contributed by atoms with E-state index >= 15 is 0 Å². The van der Waals surface area contributed by atoms with Crippen LogP contribution in [-0.2, 0) is 12.8 Å². The summed E-state index contributed by atoms with van der Waals surface area (Å²) in [4.78, 5) is 22.1. The number of hydrogen-bond donors (Lipinski definition) is 1. The number of rotatable bonds is 3. The monoisotopic (exact) mass is 292 g/mol. The highest BCUT2D eigenvalue weighted by atomic mass is 32.2. The van der Waals surface area contributed by atoms with Crippen LogP contribution in [0.4, 0.5) is 0 Å². The van der Waals surface area contributed by atoms with Crippen molar-refractivity contribution in [3.8, 4) is 0 Å². The molecule has 19 heavy (non-hydrogen) atoms. The summed E-state index contributed by atoms with van der Waals surface area (Å²) in [5.74, 6) is 0.843. The number of aromatic nitrogens is 2. The number of nitrogens with zero attached hydrogens (tertiary/aromatic N) is 1. The van der Waals surface area contributed by atoms with E-state index < -0.39 is 0 Å². The van der Waals surface area contributed by atoms with Crippen molar-refractivity contribution in [2.45, 2.75) is 37.8 Å². The molecule has 2 aromatic heterocycles. The molecule has 0 radical (unpaired) electrons. The molecule has 1 aliphatic rings. The molecule has 0 spiro atoms. The van der Waals surface area contributed by atoms with Gasteiger partial charge in [0.25, 0.3) is 5.56 Å². The zero-order chi connectivity index (χ0) is 13.2. The van der Waals surface area contributed by atoms with Gasteiger partial charge < -0.3 is 4.98 Å². The number of allylic oxidation sites excluding steroid dienone is 1. The summed E-state index contributed by atoms with van der Waals surface area (Å²) >= 11 is 3.28. The Kier molecular flexibility index (Phi) is 3.75. The normalized spacial score (nSPS) is 15.2. The Morgan fingerprint density at radius 3 is 3.11 bits per heavy atom. The van der Waals surface area contributed by atoms with Crippen LogP contribution in [0.5, 0.6) is 0 Å². The highest BCUT2D eigenvalue weighted by molar-refractivity contribution is 7.99. The Labute approximate surface area is 120 Å². The van der Waals surface area contributed by atoms with E-state index in [4.69, 9.17) is 0 Å². The lowest BCUT2D eigenvalue weighted by atomic mass is 9.97. The van der Waals surface area contributed by atoms with E-state index in [-0.39, 0.29) is 5.56 Å². The van der Waals surface area contributed by atoms with Crippen molar-refractivity contribution < 1.29 is 0 Å². The zero-order valence-corrected chi connectivity index (χ0v) is 12.5. The molecule has 1 N–H and O–H groups in total. The Balaban J connectivity index is 2.04. The van der Waals surface area contributed by atoms with Crippen LogP contribution >= 0.6 is 23.1 Å². The smallest absolute Gasteiger partial charge is 0.260 e. The molecule has 3 nitrogen and oxygen atoms in total. The van der Waals surface area contributed by atoms with Crippen molar-refractivity contribution in [3.63, 3.8) is 0 Å². The van der Waals surface area contributed by atoms with Gasteiger partial charge in [-0.25, -0.2) is 4.98 Å². The fourth-order valence-corrected chi connectivity index (χ4v) is 4.52. The summed E-state index contributed by atoms with van der Waals surface area (Å²) in [7, 11) is 0. The van der Waals surface area contributed by atoms with Crippen LogP contribution in [-0.4, -0.2) is 15.7 Å². The van der Waals surface area contributed by atoms with Crippen LogP contribution in [0.15, 0.2) is 22.1 Å². The van der Waals surface area contributed by atoms with Crippen molar-refractivity contribution in [3.05, 3.63) is 32.9 Å². The van der Waals surface area contributed by atoms with Gasteiger partial charge in [0.05, 0.1) is 5.39 Å². The first-order chi connectivity index (χ1) is 9.29. The molecule has 0 unspecified atom stereocenters. The highest BCUT2D eigenvalue weighted by Crippen LogP contribution is 2.34. The second-order valence-corrected chi connectivity index (χ2v) is 6.73. The summed E-state index contributed by atoms with van der Waals surface area (Å²) in [6.07, 6.45) is 8.64. The van der Waals surface area contributed by atoms with E-state index in [0.717, 1.165) is 34.0 Å². The first-order valence-corrected chi connectivity index (χ1v) is 8.38. The van der Waals surface area contributed by atoms with Crippen molar-refractivity contribution in [2.75, 3.05) is 5.75 Å². The molecule has 0 aliphatic heterocycles. The maximum absolute atomic E-state index is 12.2. The second-order valence-electron chi connectivity index (χ2n) is 4.64. The number of aryl methyl sites for hydroxylation is 2. The Bertz CT molecular complexity index is 685. The van der Waals surface area contributed by atoms with Gasteiger partial charge in [-0.15, -0.1) is 11.3 Å². The summed E-state index contributed by atoms with van der Waals surface area (Å²) in [5.41, 5.74) is 1.29. The van der Waals surface area contributed by atoms with Crippen LogP contribution in [0.1, 0.15) is 30.2 Å². The predicted octanol–water partition coefficient (Wildman–Crippen LogP) is 3.53. The lowest BCUT2D eigenvalue weighted by Crippen LogP contribution is -2.10. The van der Waals surface area contributed by atoms with E-state index in [0.29, 0.717) is 0 Å². The summed E-state index contributed by atoms with van der Waals surface area (Å²) in [5, 5.41) is 1.57. The minimum absolute atomic E-state index is 0.0346. The van der Waals surface area contributed by atoms with Gasteiger partial charge in [-0.2, -0.15) is 0 Å². The fraction of sp³-hybridized carbons (Fsp3) is 0.429. The molecule has 0 bridgehead atoms. The van der Waals surface area contributed by atoms with Crippen LogP contribution in [0.25, 0.3) is 10.2 Å². The average molecular weight is 292 g/mol. The summed E-state index contributed by atoms with van der Waals surface area (Å²) in [6.45, 7) is 1.99. The molecule has 2 heterocycles. The van der Waals surface area contributed by atoms with Crippen LogP contribution in [0.3, 0.4) is 0 Å². The maximum atomic E-state index is 12.2. The summed E-state index contributed by atoms with van der Waals surface area (Å²) in [6, 6.07) is 0. The largest absolute Gasteiger partial charge is 0.301 e. The number of aromatic amines is 1. The first-order valence-electron chi connectivity index (χ1n) is 6.58. The quantitative estimate of drug-likeness (QED) is 0.535. The van der Waals surface area contributed by atoms with Crippen molar-refractivity contribution in [1.29, 1.82) is 0 Å². The predicted molar refractivity (Wildman–Crippen MR) is 82.4 cm³/mol. The number of fused-ring (bicyclic) bond motifs is 3. The minimum Gasteiger partial charge on any atom is -0.301 e. The van der Waals surface area contributed by atoms with E-state index in [1.54, 1.807) is 23.1 Å². The first kappa shape index (κ1) is 12.9. The lowest BCUT2D eigenvalue weighted by Gasteiger charge is -2.09. The van der Waals surface area contributed by atoms with Crippen LogP contribution in [0.2, 0.25) is 0 Å². The molecular formula is C14H16N2OS2. The Morgan fingerprint density at radius 2 is 2.26 bits per heavy atom. The fourth-order valence-electron chi connectivity index (χ4n) is 2.44. The lowest BCUT2D eigenvalue weighted by molar-refractivity contribution is 0.700. The maximum Gasteiger partial charge on any atom is 0.260 e. The van der Waals surface area contributed by atoms with Gasteiger partial charge in [0, 0.05) is 10.6 Å². The van der Waals surface area contributed by atoms with E-state index in [1.165, 1.54) is 23.3 Å². The highest BCUT2D eigenvalue weighted by Gasteiger charge is 2.19. The number of nitrogens with one attached hydrogen (secondary N) is 1. The zero-order valence-electron chi connectivity index (χ0n) is 10.9. The van der Waals surface area contributed by atoms with Gasteiger partial charge in [0.15, 0.2) is 5.16 Å². The minimum atomic E-state index is 0.0346. The third kappa shape index (κ3) is 2.49. The molecular weight excluding hydrogens is 276 g/mol. The Hall–Kier alpha value is -1.07. The van der Waals surface area contributed by atoms with Gasteiger partial charge in [-0.1, -0.05) is 23.9 Å². The summed E-state index contributed by atoms with van der Waals surface area (Å²) < 4.78 is 0. The molecule has 3 rings (SSSR count). The van der Waals surface area contributed by atoms with Crippen molar-refractivity contribution in [2.24, 2.45) is 0 Å². The third-order valence-electron chi connectivity index (χ3n) is 3.36. The molecule has 0 saturated carbocycles. The van der Waals surface area contributed by atoms with Crippen LogP contribution in [0, 0.1) is 0 Å². The van der Waals surface area contributed by atoms with Crippen molar-refractivity contribution >= 4 is 33.3 Å². The van der Waals surface area contributed by atoms with Gasteiger partial charge >= 0.3 is 0 Å². The van der Waals surface area contributed by atoms with Gasteiger partial charge in [0.1, 0.15) is 4.83 Å². The average Bonchev–Trinajstić information content (AvgIpc) is 2.77. The topological polar surface area (TPSA) is 45.8 Å².